The molecule has 3 unspecified atom stereocenters. The number of piperidine rings is 2. The summed E-state index contributed by atoms with van der Waals surface area (Å²) < 4.78 is 0. The van der Waals surface area contributed by atoms with Crippen molar-refractivity contribution in [1.82, 2.24) is 10.2 Å². The van der Waals surface area contributed by atoms with Gasteiger partial charge in [0.25, 0.3) is 0 Å². The Kier molecular flexibility index (Phi) is 3.54. The van der Waals surface area contributed by atoms with Gasteiger partial charge in [0, 0.05) is 25.6 Å². The maximum atomic E-state index is 11.9. The molecule has 6 nitrogen and oxygen atoms in total. The molecule has 0 aromatic heterocycles. The van der Waals surface area contributed by atoms with Gasteiger partial charge < -0.3 is 15.3 Å². The Morgan fingerprint density at radius 2 is 2.17 bits per heavy atom. The van der Waals surface area contributed by atoms with E-state index in [2.05, 4.69) is 5.32 Å². The van der Waals surface area contributed by atoms with E-state index in [1.54, 1.807) is 4.90 Å². The molecule has 6 heteroatoms. The van der Waals surface area contributed by atoms with E-state index in [0.29, 0.717) is 25.9 Å². The first-order chi connectivity index (χ1) is 8.49. The van der Waals surface area contributed by atoms with Crippen LogP contribution in [-0.4, -0.2) is 46.9 Å². The predicted molar refractivity (Wildman–Crippen MR) is 62.7 cm³/mol. The van der Waals surface area contributed by atoms with Crippen molar-refractivity contribution in [3.63, 3.8) is 0 Å². The summed E-state index contributed by atoms with van der Waals surface area (Å²) in [6.45, 7) is 2.50. The number of rotatable bonds is 2. The minimum Gasteiger partial charge on any atom is -0.481 e. The molecule has 2 rings (SSSR count). The Bertz CT molecular complexity index is 382. The molecule has 2 fully saturated rings. The van der Waals surface area contributed by atoms with Gasteiger partial charge in [-0.15, -0.1) is 0 Å². The first-order valence-corrected chi connectivity index (χ1v) is 6.30. The number of likely N-dealkylation sites (tertiary alicyclic amines) is 1. The number of nitrogens with one attached hydrogen (secondary N) is 1. The monoisotopic (exact) mass is 254 g/mol. The van der Waals surface area contributed by atoms with Crippen LogP contribution < -0.4 is 5.32 Å². The molecule has 0 bridgehead atoms. The van der Waals surface area contributed by atoms with Crippen LogP contribution in [0.5, 0.6) is 0 Å². The lowest BCUT2D eigenvalue weighted by Gasteiger charge is -2.41. The second-order valence-electron chi connectivity index (χ2n) is 5.11. The van der Waals surface area contributed by atoms with Gasteiger partial charge in [-0.1, -0.05) is 0 Å². The number of carbonyl (C=O) groups is 3. The molecule has 18 heavy (non-hydrogen) atoms. The molecule has 100 valence electrons. The van der Waals surface area contributed by atoms with E-state index in [9.17, 15) is 14.4 Å². The SMILES string of the molecule is CC(C(=O)O)C(=O)N1CCC2NC(=O)CCC2C1. The third-order valence-electron chi connectivity index (χ3n) is 3.88. The van der Waals surface area contributed by atoms with E-state index in [1.165, 1.54) is 6.92 Å². The van der Waals surface area contributed by atoms with Crippen molar-refractivity contribution in [3.8, 4) is 0 Å². The molecule has 0 saturated carbocycles. The highest BCUT2D eigenvalue weighted by atomic mass is 16.4. The summed E-state index contributed by atoms with van der Waals surface area (Å²) in [5, 5.41) is 11.8. The van der Waals surface area contributed by atoms with Gasteiger partial charge in [0.2, 0.25) is 11.8 Å². The zero-order valence-corrected chi connectivity index (χ0v) is 10.4. The summed E-state index contributed by atoms with van der Waals surface area (Å²) in [4.78, 5) is 35.6. The summed E-state index contributed by atoms with van der Waals surface area (Å²) in [7, 11) is 0. The molecule has 2 amide bonds. The molecule has 0 aromatic carbocycles. The van der Waals surface area contributed by atoms with Crippen LogP contribution >= 0.6 is 0 Å². The number of aliphatic carboxylic acids is 1. The van der Waals surface area contributed by atoms with Gasteiger partial charge in [0.1, 0.15) is 5.92 Å². The topological polar surface area (TPSA) is 86.7 Å². The smallest absolute Gasteiger partial charge is 0.315 e. The van der Waals surface area contributed by atoms with E-state index in [0.717, 1.165) is 6.42 Å². The van der Waals surface area contributed by atoms with Gasteiger partial charge in [-0.05, 0) is 25.7 Å². The molecule has 2 saturated heterocycles. The number of amides is 2. The van der Waals surface area contributed by atoms with Gasteiger partial charge in [0.05, 0.1) is 0 Å². The molecule has 0 spiro atoms. The number of carboxylic acids is 1. The zero-order valence-electron chi connectivity index (χ0n) is 10.4. The molecule has 2 aliphatic heterocycles. The lowest BCUT2D eigenvalue weighted by atomic mass is 9.85. The van der Waals surface area contributed by atoms with Crippen molar-refractivity contribution in [1.29, 1.82) is 0 Å². The van der Waals surface area contributed by atoms with E-state index in [4.69, 9.17) is 5.11 Å². The van der Waals surface area contributed by atoms with Gasteiger partial charge in [-0.2, -0.15) is 0 Å². The largest absolute Gasteiger partial charge is 0.481 e. The highest BCUT2D eigenvalue weighted by Crippen LogP contribution is 2.26. The lowest BCUT2D eigenvalue weighted by molar-refractivity contribution is -0.151. The third kappa shape index (κ3) is 2.47. The van der Waals surface area contributed by atoms with Crippen LogP contribution in [0.4, 0.5) is 0 Å². The summed E-state index contributed by atoms with van der Waals surface area (Å²) in [5.74, 6) is -2.05. The molecular formula is C12H18N2O4. The van der Waals surface area contributed by atoms with Crippen molar-refractivity contribution >= 4 is 17.8 Å². The first-order valence-electron chi connectivity index (χ1n) is 6.30. The standard InChI is InChI=1S/C12H18N2O4/c1-7(12(17)18)11(16)14-5-4-9-8(6-14)2-3-10(15)13-9/h7-9H,2-6H2,1H3,(H,13,15)(H,17,18). The van der Waals surface area contributed by atoms with Crippen molar-refractivity contribution in [2.24, 2.45) is 11.8 Å². The number of hydrogen-bond donors (Lipinski definition) is 2. The first kappa shape index (κ1) is 12.9. The Morgan fingerprint density at radius 1 is 1.44 bits per heavy atom. The fourth-order valence-corrected chi connectivity index (χ4v) is 2.69. The van der Waals surface area contributed by atoms with Gasteiger partial charge >= 0.3 is 5.97 Å². The Balaban J connectivity index is 1.97. The van der Waals surface area contributed by atoms with Gasteiger partial charge in [-0.25, -0.2) is 0 Å². The van der Waals surface area contributed by atoms with Gasteiger partial charge in [-0.3, -0.25) is 14.4 Å². The minimum atomic E-state index is -1.08. The summed E-state index contributed by atoms with van der Waals surface area (Å²) in [6, 6.07) is 0.149. The Morgan fingerprint density at radius 3 is 2.83 bits per heavy atom. The number of carbonyl (C=O) groups excluding carboxylic acids is 2. The average molecular weight is 254 g/mol. The highest BCUT2D eigenvalue weighted by molar-refractivity contribution is 5.96. The molecule has 0 radical (unpaired) electrons. The number of carboxylic acid groups (broad SMARTS) is 1. The molecule has 2 N–H and O–H groups in total. The van der Waals surface area contributed by atoms with Crippen molar-refractivity contribution in [2.75, 3.05) is 13.1 Å². The quantitative estimate of drug-likeness (QED) is 0.670. The van der Waals surface area contributed by atoms with Gasteiger partial charge in [0.15, 0.2) is 0 Å². The Labute approximate surface area is 105 Å². The molecule has 2 aliphatic rings. The normalized spacial score (nSPS) is 29.2. The van der Waals surface area contributed by atoms with E-state index in [1.807, 2.05) is 0 Å². The van der Waals surface area contributed by atoms with E-state index >= 15 is 0 Å². The summed E-state index contributed by atoms with van der Waals surface area (Å²) in [6.07, 6.45) is 1.99. The molecule has 2 heterocycles. The van der Waals surface area contributed by atoms with Crippen molar-refractivity contribution in [2.45, 2.75) is 32.2 Å². The van der Waals surface area contributed by atoms with Crippen LogP contribution in [0.1, 0.15) is 26.2 Å². The highest BCUT2D eigenvalue weighted by Gasteiger charge is 2.37. The summed E-state index contributed by atoms with van der Waals surface area (Å²) >= 11 is 0. The second kappa shape index (κ2) is 4.96. The summed E-state index contributed by atoms with van der Waals surface area (Å²) in [5.41, 5.74) is 0. The van der Waals surface area contributed by atoms with E-state index in [-0.39, 0.29) is 23.8 Å². The Hall–Kier alpha value is -1.59. The van der Waals surface area contributed by atoms with E-state index < -0.39 is 11.9 Å². The minimum absolute atomic E-state index is 0.0786. The average Bonchev–Trinajstić information content (AvgIpc) is 2.36. The second-order valence-corrected chi connectivity index (χ2v) is 5.11. The van der Waals surface area contributed by atoms with Crippen LogP contribution in [0.25, 0.3) is 0 Å². The maximum absolute atomic E-state index is 11.9. The molecular weight excluding hydrogens is 236 g/mol. The van der Waals surface area contributed by atoms with Crippen LogP contribution in [0, 0.1) is 11.8 Å². The predicted octanol–water partition coefficient (Wildman–Crippen LogP) is -0.166. The van der Waals surface area contributed by atoms with Crippen LogP contribution in [0.3, 0.4) is 0 Å². The number of fused-ring (bicyclic) bond motifs is 1. The third-order valence-corrected chi connectivity index (χ3v) is 3.88. The number of hydrogen-bond acceptors (Lipinski definition) is 3. The van der Waals surface area contributed by atoms with Crippen molar-refractivity contribution in [3.05, 3.63) is 0 Å². The lowest BCUT2D eigenvalue weighted by Crippen LogP contribution is -2.56. The van der Waals surface area contributed by atoms with Crippen molar-refractivity contribution < 1.29 is 19.5 Å². The van der Waals surface area contributed by atoms with Crippen LogP contribution in [0.15, 0.2) is 0 Å². The molecule has 3 atom stereocenters. The molecule has 0 aliphatic carbocycles. The zero-order chi connectivity index (χ0) is 13.3. The maximum Gasteiger partial charge on any atom is 0.315 e. The fraction of sp³-hybridized carbons (Fsp3) is 0.750. The van der Waals surface area contributed by atoms with Crippen LogP contribution in [0.2, 0.25) is 0 Å². The fourth-order valence-electron chi connectivity index (χ4n) is 2.69. The number of nitrogens with zero attached hydrogens (tertiary/aromatic N) is 1. The molecule has 0 aromatic rings. The van der Waals surface area contributed by atoms with Crippen LogP contribution in [-0.2, 0) is 14.4 Å².